The van der Waals surface area contributed by atoms with Crippen molar-refractivity contribution in [3.05, 3.63) is 90.0 Å². The average molecular weight is 361 g/mol. The Morgan fingerprint density at radius 3 is 2.54 bits per heavy atom. The van der Waals surface area contributed by atoms with Crippen LogP contribution in [0.15, 0.2) is 78.6 Å². The first-order valence-electron chi connectivity index (χ1n) is 8.06. The molecule has 2 heterocycles. The van der Waals surface area contributed by atoms with Crippen LogP contribution >= 0.6 is 11.3 Å². The van der Waals surface area contributed by atoms with Gasteiger partial charge in [0.05, 0.1) is 18.2 Å². The summed E-state index contributed by atoms with van der Waals surface area (Å²) < 4.78 is 7.14. The minimum Gasteiger partial charge on any atom is -0.454 e. The maximum atomic E-state index is 12.4. The van der Waals surface area contributed by atoms with Gasteiger partial charge in [-0.2, -0.15) is 0 Å². The molecule has 0 radical (unpaired) electrons. The molecule has 4 rings (SSSR count). The standard InChI is InChI=1S/C20H15N3O2S/c24-20(18-11-21-14-23(18)17-9-5-2-6-10-17)25-12-16-13-26-19(22-16)15-7-3-1-4-8-15/h1-11,13-14H,12H2. The summed E-state index contributed by atoms with van der Waals surface area (Å²) in [6, 6.07) is 19.5. The summed E-state index contributed by atoms with van der Waals surface area (Å²) in [5, 5.41) is 2.82. The van der Waals surface area contributed by atoms with Gasteiger partial charge in [0.25, 0.3) is 0 Å². The Balaban J connectivity index is 1.46. The zero-order chi connectivity index (χ0) is 17.8. The summed E-state index contributed by atoms with van der Waals surface area (Å²) in [7, 11) is 0. The SMILES string of the molecule is O=C(OCc1csc(-c2ccccc2)n1)c1cncn1-c1ccccc1. The van der Waals surface area contributed by atoms with Gasteiger partial charge in [0.1, 0.15) is 11.6 Å². The molecule has 0 amide bonds. The maximum Gasteiger partial charge on any atom is 0.357 e. The predicted molar refractivity (Wildman–Crippen MR) is 100 cm³/mol. The van der Waals surface area contributed by atoms with Crippen LogP contribution in [0.25, 0.3) is 16.3 Å². The highest BCUT2D eigenvalue weighted by Gasteiger charge is 2.15. The molecule has 0 saturated carbocycles. The Labute approximate surface area is 154 Å². The van der Waals surface area contributed by atoms with E-state index in [0.29, 0.717) is 5.69 Å². The number of rotatable bonds is 5. The van der Waals surface area contributed by atoms with E-state index < -0.39 is 5.97 Å². The lowest BCUT2D eigenvalue weighted by atomic mass is 10.2. The van der Waals surface area contributed by atoms with E-state index in [4.69, 9.17) is 4.74 Å². The van der Waals surface area contributed by atoms with Crippen molar-refractivity contribution >= 4 is 17.3 Å². The number of carbonyl (C=O) groups excluding carboxylic acids is 1. The number of esters is 1. The van der Waals surface area contributed by atoms with Crippen LogP contribution in [0.4, 0.5) is 0 Å². The van der Waals surface area contributed by atoms with E-state index in [0.717, 1.165) is 22.0 Å². The van der Waals surface area contributed by atoms with Gasteiger partial charge in [0.15, 0.2) is 5.69 Å². The smallest absolute Gasteiger partial charge is 0.357 e. The molecule has 26 heavy (non-hydrogen) atoms. The number of imidazole rings is 1. The molecule has 4 aromatic rings. The van der Waals surface area contributed by atoms with Crippen LogP contribution in [0.2, 0.25) is 0 Å². The Kier molecular flexibility index (Phi) is 4.57. The molecule has 0 aliphatic carbocycles. The summed E-state index contributed by atoms with van der Waals surface area (Å²) in [6.07, 6.45) is 3.11. The van der Waals surface area contributed by atoms with Crippen molar-refractivity contribution in [1.29, 1.82) is 0 Å². The molecule has 0 saturated heterocycles. The summed E-state index contributed by atoms with van der Waals surface area (Å²) in [5.41, 5.74) is 3.02. The molecule has 0 aliphatic rings. The van der Waals surface area contributed by atoms with Crippen LogP contribution in [-0.4, -0.2) is 20.5 Å². The third kappa shape index (κ3) is 3.41. The van der Waals surface area contributed by atoms with Crippen molar-refractivity contribution in [2.45, 2.75) is 6.61 Å². The summed E-state index contributed by atoms with van der Waals surface area (Å²) in [5.74, 6) is -0.430. The van der Waals surface area contributed by atoms with Crippen molar-refractivity contribution in [2.75, 3.05) is 0 Å². The van der Waals surface area contributed by atoms with Crippen molar-refractivity contribution in [1.82, 2.24) is 14.5 Å². The highest BCUT2D eigenvalue weighted by molar-refractivity contribution is 7.13. The highest BCUT2D eigenvalue weighted by Crippen LogP contribution is 2.23. The van der Waals surface area contributed by atoms with E-state index in [-0.39, 0.29) is 6.61 Å². The van der Waals surface area contributed by atoms with E-state index >= 15 is 0 Å². The van der Waals surface area contributed by atoms with Crippen LogP contribution in [0.3, 0.4) is 0 Å². The van der Waals surface area contributed by atoms with Crippen molar-refractivity contribution in [3.63, 3.8) is 0 Å². The number of hydrogen-bond acceptors (Lipinski definition) is 5. The Morgan fingerprint density at radius 2 is 1.77 bits per heavy atom. The van der Waals surface area contributed by atoms with Crippen LogP contribution < -0.4 is 0 Å². The second-order valence-electron chi connectivity index (χ2n) is 5.57. The molecule has 128 valence electrons. The van der Waals surface area contributed by atoms with E-state index in [1.165, 1.54) is 17.5 Å². The van der Waals surface area contributed by atoms with Gasteiger partial charge in [-0.1, -0.05) is 48.5 Å². The number of para-hydroxylation sites is 1. The summed E-state index contributed by atoms with van der Waals surface area (Å²) in [6.45, 7) is 0.127. The maximum absolute atomic E-state index is 12.4. The van der Waals surface area contributed by atoms with Gasteiger partial charge in [-0.15, -0.1) is 11.3 Å². The molecule has 5 nitrogen and oxygen atoms in total. The molecule has 0 N–H and O–H groups in total. The first kappa shape index (κ1) is 16.2. The Bertz CT molecular complexity index is 1010. The van der Waals surface area contributed by atoms with E-state index in [9.17, 15) is 4.79 Å². The van der Waals surface area contributed by atoms with Gasteiger partial charge in [-0.25, -0.2) is 14.8 Å². The Hall–Kier alpha value is -3.25. The zero-order valence-corrected chi connectivity index (χ0v) is 14.6. The molecule has 0 unspecified atom stereocenters. The molecular weight excluding hydrogens is 346 g/mol. The van der Waals surface area contributed by atoms with Gasteiger partial charge < -0.3 is 4.74 Å². The van der Waals surface area contributed by atoms with Gasteiger partial charge in [-0.3, -0.25) is 4.57 Å². The number of nitrogens with zero attached hydrogens (tertiary/aromatic N) is 3. The fourth-order valence-corrected chi connectivity index (χ4v) is 3.35. The summed E-state index contributed by atoms with van der Waals surface area (Å²) >= 11 is 1.53. The lowest BCUT2D eigenvalue weighted by molar-refractivity contribution is 0.0459. The van der Waals surface area contributed by atoms with Gasteiger partial charge >= 0.3 is 5.97 Å². The number of benzene rings is 2. The monoisotopic (exact) mass is 361 g/mol. The van der Waals surface area contributed by atoms with Gasteiger partial charge in [0, 0.05) is 16.6 Å². The minimum absolute atomic E-state index is 0.127. The lowest BCUT2D eigenvalue weighted by Gasteiger charge is -2.07. The number of aromatic nitrogens is 3. The van der Waals surface area contributed by atoms with Crippen molar-refractivity contribution in [3.8, 4) is 16.3 Å². The summed E-state index contributed by atoms with van der Waals surface area (Å²) in [4.78, 5) is 21.0. The molecule has 0 spiro atoms. The van der Waals surface area contributed by atoms with E-state index in [2.05, 4.69) is 9.97 Å². The second kappa shape index (κ2) is 7.33. The first-order valence-corrected chi connectivity index (χ1v) is 8.94. The molecular formula is C20H15N3O2S. The number of ether oxygens (including phenoxy) is 1. The Morgan fingerprint density at radius 1 is 1.04 bits per heavy atom. The molecule has 0 atom stereocenters. The molecule has 6 heteroatoms. The lowest BCUT2D eigenvalue weighted by Crippen LogP contribution is -2.10. The number of carbonyl (C=O) groups is 1. The molecule has 0 aliphatic heterocycles. The van der Waals surface area contributed by atoms with Crippen LogP contribution in [-0.2, 0) is 11.3 Å². The van der Waals surface area contributed by atoms with Gasteiger partial charge in [0.2, 0.25) is 0 Å². The quantitative estimate of drug-likeness (QED) is 0.496. The van der Waals surface area contributed by atoms with Crippen molar-refractivity contribution in [2.24, 2.45) is 0 Å². The first-order chi connectivity index (χ1) is 12.8. The van der Waals surface area contributed by atoms with Crippen LogP contribution in [0, 0.1) is 0 Å². The second-order valence-corrected chi connectivity index (χ2v) is 6.43. The topological polar surface area (TPSA) is 57.0 Å². The third-order valence-corrected chi connectivity index (χ3v) is 4.75. The highest BCUT2D eigenvalue weighted by atomic mass is 32.1. The zero-order valence-electron chi connectivity index (χ0n) is 13.8. The number of thiazole rings is 1. The van der Waals surface area contributed by atoms with Gasteiger partial charge in [-0.05, 0) is 12.1 Å². The van der Waals surface area contributed by atoms with E-state index in [1.54, 1.807) is 10.9 Å². The molecule has 0 bridgehead atoms. The van der Waals surface area contributed by atoms with E-state index in [1.807, 2.05) is 66.0 Å². The fraction of sp³-hybridized carbons (Fsp3) is 0.0500. The largest absolute Gasteiger partial charge is 0.454 e. The molecule has 2 aromatic carbocycles. The third-order valence-electron chi connectivity index (χ3n) is 3.81. The predicted octanol–water partition coefficient (Wildman–Crippen LogP) is 4.35. The fourth-order valence-electron chi connectivity index (χ4n) is 2.54. The minimum atomic E-state index is -0.430. The van der Waals surface area contributed by atoms with Crippen molar-refractivity contribution < 1.29 is 9.53 Å². The van der Waals surface area contributed by atoms with Crippen LogP contribution in [0.5, 0.6) is 0 Å². The van der Waals surface area contributed by atoms with Crippen LogP contribution in [0.1, 0.15) is 16.2 Å². The average Bonchev–Trinajstić information content (AvgIpc) is 3.37. The normalized spacial score (nSPS) is 10.6. The number of hydrogen-bond donors (Lipinski definition) is 0. The molecule has 0 fully saturated rings. The molecule has 2 aromatic heterocycles.